The van der Waals surface area contributed by atoms with Crippen LogP contribution in [0.2, 0.25) is 0 Å². The molecule has 0 aliphatic carbocycles. The first-order chi connectivity index (χ1) is 27.3. The van der Waals surface area contributed by atoms with Gasteiger partial charge in [-0.1, -0.05) is 194 Å². The molecule has 0 atom stereocenters. The third-order valence-electron chi connectivity index (χ3n) is 10.3. The molecular weight excluding hydrogens is 663 g/mol. The van der Waals surface area contributed by atoms with Crippen molar-refractivity contribution in [1.82, 2.24) is 0 Å². The monoisotopic (exact) mass is 701 g/mol. The fourth-order valence-electron chi connectivity index (χ4n) is 7.47. The summed E-state index contributed by atoms with van der Waals surface area (Å²) in [6.07, 6.45) is 0. The Balaban J connectivity index is 1.14. The Morgan fingerprint density at radius 2 is 0.455 bits per heavy atom. The highest BCUT2D eigenvalue weighted by Crippen LogP contribution is 2.42. The molecule has 0 unspecified atom stereocenters. The van der Waals surface area contributed by atoms with E-state index in [1.807, 2.05) is 0 Å². The molecule has 1 heteroatoms. The third-order valence-corrected chi connectivity index (χ3v) is 10.3. The molecule has 0 spiro atoms. The Kier molecular flexibility index (Phi) is 9.41. The van der Waals surface area contributed by atoms with Gasteiger partial charge in [0.15, 0.2) is 0 Å². The zero-order chi connectivity index (χ0) is 36.8. The Hall–Kier alpha value is -7.22. The van der Waals surface area contributed by atoms with Gasteiger partial charge in [-0.25, -0.2) is 0 Å². The second-order valence-electron chi connectivity index (χ2n) is 13.8. The fourth-order valence-corrected chi connectivity index (χ4v) is 7.47. The second kappa shape index (κ2) is 15.4. The zero-order valence-electron chi connectivity index (χ0n) is 30.5. The molecule has 0 aromatic heterocycles. The molecule has 260 valence electrons. The van der Waals surface area contributed by atoms with Gasteiger partial charge < -0.3 is 4.90 Å². The lowest BCUT2D eigenvalue weighted by Gasteiger charge is -2.27. The topological polar surface area (TPSA) is 3.24 Å². The molecule has 0 aliphatic heterocycles. The summed E-state index contributed by atoms with van der Waals surface area (Å²) in [5.74, 6) is 0. The normalized spacial score (nSPS) is 10.9. The highest BCUT2D eigenvalue weighted by molar-refractivity contribution is 5.88. The predicted octanol–water partition coefficient (Wildman–Crippen LogP) is 15.2. The summed E-state index contributed by atoms with van der Waals surface area (Å²) >= 11 is 0. The summed E-state index contributed by atoms with van der Waals surface area (Å²) in [5.41, 5.74) is 17.6. The molecule has 0 N–H and O–H groups in total. The second-order valence-corrected chi connectivity index (χ2v) is 13.8. The van der Waals surface area contributed by atoms with Crippen LogP contribution in [-0.2, 0) is 0 Å². The number of rotatable bonds is 9. The minimum absolute atomic E-state index is 1.09. The van der Waals surface area contributed by atoms with Crippen molar-refractivity contribution in [2.45, 2.75) is 0 Å². The van der Waals surface area contributed by atoms with E-state index in [1.54, 1.807) is 0 Å². The van der Waals surface area contributed by atoms with E-state index in [1.165, 1.54) is 66.8 Å². The van der Waals surface area contributed by atoms with Gasteiger partial charge in [-0.05, 0) is 109 Å². The van der Waals surface area contributed by atoms with Crippen molar-refractivity contribution in [3.05, 3.63) is 237 Å². The summed E-state index contributed by atoms with van der Waals surface area (Å²) in [6.45, 7) is 0. The van der Waals surface area contributed by atoms with Crippen molar-refractivity contribution in [2.24, 2.45) is 0 Å². The summed E-state index contributed by atoms with van der Waals surface area (Å²) in [5, 5.41) is 0. The molecule has 0 amide bonds. The molecule has 0 saturated heterocycles. The van der Waals surface area contributed by atoms with Crippen LogP contribution in [0.4, 0.5) is 17.1 Å². The first kappa shape index (κ1) is 33.6. The summed E-state index contributed by atoms with van der Waals surface area (Å²) in [7, 11) is 0. The van der Waals surface area contributed by atoms with Gasteiger partial charge in [0.1, 0.15) is 0 Å². The van der Waals surface area contributed by atoms with Gasteiger partial charge in [0, 0.05) is 17.1 Å². The Morgan fingerprint density at radius 3 is 0.836 bits per heavy atom. The molecular formula is C54H39N. The van der Waals surface area contributed by atoms with Crippen LogP contribution >= 0.6 is 0 Å². The number of anilines is 3. The third kappa shape index (κ3) is 7.25. The van der Waals surface area contributed by atoms with E-state index < -0.39 is 0 Å². The van der Waals surface area contributed by atoms with Crippen LogP contribution in [0, 0.1) is 0 Å². The molecule has 0 bridgehead atoms. The lowest BCUT2D eigenvalue weighted by molar-refractivity contribution is 1.28. The fraction of sp³-hybridized carbons (Fsp3) is 0. The predicted molar refractivity (Wildman–Crippen MR) is 234 cm³/mol. The molecule has 0 saturated carbocycles. The standard InChI is InChI=1S/C54H39N/c1-5-15-40(16-6-1)44-25-27-46(28-26-44)53-23-13-14-24-54(53)47-31-35-51(36-32-47)55(50-33-29-45(30-34-50)41-17-7-2-8-18-41)52-38-48(42-19-9-3-10-20-42)37-49(39-52)43-21-11-4-12-22-43/h1-39H. The van der Waals surface area contributed by atoms with E-state index in [-0.39, 0.29) is 0 Å². The summed E-state index contributed by atoms with van der Waals surface area (Å²) < 4.78 is 0. The first-order valence-electron chi connectivity index (χ1n) is 18.8. The summed E-state index contributed by atoms with van der Waals surface area (Å²) in [4.78, 5) is 2.38. The van der Waals surface area contributed by atoms with Crippen molar-refractivity contribution in [3.8, 4) is 66.8 Å². The number of hydrogen-bond acceptors (Lipinski definition) is 1. The van der Waals surface area contributed by atoms with Gasteiger partial charge in [0.05, 0.1) is 0 Å². The van der Waals surface area contributed by atoms with Crippen LogP contribution in [0.1, 0.15) is 0 Å². The number of hydrogen-bond donors (Lipinski definition) is 0. The molecule has 0 radical (unpaired) electrons. The minimum Gasteiger partial charge on any atom is -0.310 e. The minimum atomic E-state index is 1.09. The van der Waals surface area contributed by atoms with E-state index in [0.717, 1.165) is 17.1 Å². The lowest BCUT2D eigenvalue weighted by Crippen LogP contribution is -2.10. The van der Waals surface area contributed by atoms with E-state index in [9.17, 15) is 0 Å². The van der Waals surface area contributed by atoms with Gasteiger partial charge in [0.25, 0.3) is 0 Å². The van der Waals surface area contributed by atoms with Gasteiger partial charge in [-0.15, -0.1) is 0 Å². The maximum absolute atomic E-state index is 2.38. The van der Waals surface area contributed by atoms with E-state index in [0.29, 0.717) is 0 Å². The maximum Gasteiger partial charge on any atom is 0.0473 e. The molecule has 1 nitrogen and oxygen atoms in total. The molecule has 0 fully saturated rings. The van der Waals surface area contributed by atoms with Crippen LogP contribution in [0.3, 0.4) is 0 Å². The SMILES string of the molecule is c1ccc(-c2ccc(-c3ccccc3-c3ccc(N(c4ccc(-c5ccccc5)cc4)c4cc(-c5ccccc5)cc(-c5ccccc5)c4)cc3)cc2)cc1. The Morgan fingerprint density at radius 1 is 0.182 bits per heavy atom. The van der Waals surface area contributed by atoms with Gasteiger partial charge in [-0.2, -0.15) is 0 Å². The van der Waals surface area contributed by atoms with Gasteiger partial charge >= 0.3 is 0 Å². The smallest absolute Gasteiger partial charge is 0.0473 e. The highest BCUT2D eigenvalue weighted by atomic mass is 15.1. The summed E-state index contributed by atoms with van der Waals surface area (Å²) in [6, 6.07) is 85.0. The highest BCUT2D eigenvalue weighted by Gasteiger charge is 2.17. The average Bonchev–Trinajstić information content (AvgIpc) is 3.28. The zero-order valence-corrected chi connectivity index (χ0v) is 30.5. The molecule has 9 rings (SSSR count). The van der Waals surface area contributed by atoms with Crippen molar-refractivity contribution < 1.29 is 0 Å². The van der Waals surface area contributed by atoms with Crippen molar-refractivity contribution in [2.75, 3.05) is 4.90 Å². The first-order valence-corrected chi connectivity index (χ1v) is 18.8. The largest absolute Gasteiger partial charge is 0.310 e. The van der Waals surface area contributed by atoms with Crippen molar-refractivity contribution >= 4 is 17.1 Å². The van der Waals surface area contributed by atoms with Crippen LogP contribution < -0.4 is 4.90 Å². The number of nitrogens with zero attached hydrogens (tertiary/aromatic N) is 1. The molecule has 9 aromatic rings. The van der Waals surface area contributed by atoms with Crippen LogP contribution in [0.15, 0.2) is 237 Å². The molecule has 0 heterocycles. The lowest BCUT2D eigenvalue weighted by atomic mass is 9.93. The van der Waals surface area contributed by atoms with Gasteiger partial charge in [-0.3, -0.25) is 0 Å². The van der Waals surface area contributed by atoms with E-state index in [4.69, 9.17) is 0 Å². The van der Waals surface area contributed by atoms with Crippen molar-refractivity contribution in [3.63, 3.8) is 0 Å². The van der Waals surface area contributed by atoms with E-state index >= 15 is 0 Å². The Bertz CT molecular complexity index is 2570. The van der Waals surface area contributed by atoms with Crippen LogP contribution in [0.25, 0.3) is 66.8 Å². The van der Waals surface area contributed by atoms with Crippen LogP contribution in [-0.4, -0.2) is 0 Å². The van der Waals surface area contributed by atoms with Crippen molar-refractivity contribution in [1.29, 1.82) is 0 Å². The van der Waals surface area contributed by atoms with E-state index in [2.05, 4.69) is 241 Å². The van der Waals surface area contributed by atoms with Gasteiger partial charge in [0.2, 0.25) is 0 Å². The maximum atomic E-state index is 2.38. The Labute approximate surface area is 324 Å². The molecule has 9 aromatic carbocycles. The molecule has 55 heavy (non-hydrogen) atoms. The number of benzene rings is 9. The average molecular weight is 702 g/mol. The molecule has 0 aliphatic rings. The van der Waals surface area contributed by atoms with Crippen LogP contribution in [0.5, 0.6) is 0 Å². The quantitative estimate of drug-likeness (QED) is 0.145.